The molecule has 17 heavy (non-hydrogen) atoms. The molecule has 1 aromatic heterocycles. The Bertz CT molecular complexity index is 553. The van der Waals surface area contributed by atoms with Crippen molar-refractivity contribution in [1.29, 1.82) is 0 Å². The van der Waals surface area contributed by atoms with Crippen LogP contribution in [0, 0.1) is 5.92 Å². The molecule has 0 saturated carbocycles. The van der Waals surface area contributed by atoms with Gasteiger partial charge in [-0.3, -0.25) is 0 Å². The lowest BCUT2D eigenvalue weighted by molar-refractivity contribution is 0.525. The number of fused-ring (bicyclic) bond motifs is 1. The van der Waals surface area contributed by atoms with Crippen LogP contribution in [0.1, 0.15) is 29.7 Å². The molecule has 1 heterocycles. The minimum Gasteiger partial charge on any atom is -0.463 e. The van der Waals surface area contributed by atoms with Crippen molar-refractivity contribution in [2.24, 2.45) is 11.7 Å². The first-order valence-corrected chi connectivity index (χ1v) is 5.87. The summed E-state index contributed by atoms with van der Waals surface area (Å²) in [6.45, 7) is 2.19. The van der Waals surface area contributed by atoms with Crippen LogP contribution in [0.5, 0.6) is 0 Å². The number of benzene rings is 1. The van der Waals surface area contributed by atoms with Gasteiger partial charge in [-0.1, -0.05) is 43.3 Å². The van der Waals surface area contributed by atoms with Gasteiger partial charge in [-0.15, -0.1) is 0 Å². The van der Waals surface area contributed by atoms with Gasteiger partial charge in [0.15, 0.2) is 5.76 Å². The zero-order chi connectivity index (χ0) is 11.8. The molecule has 1 aromatic carbocycles. The SMILES string of the molecule is CC1C=C(N)c2occc2C1c1ccccc1. The third-order valence-electron chi connectivity index (χ3n) is 3.42. The number of nitrogens with two attached hydrogens (primary N) is 1. The maximum Gasteiger partial charge on any atom is 0.153 e. The number of rotatable bonds is 1. The van der Waals surface area contributed by atoms with E-state index in [0.29, 0.717) is 11.8 Å². The van der Waals surface area contributed by atoms with E-state index in [2.05, 4.69) is 37.3 Å². The van der Waals surface area contributed by atoms with E-state index in [9.17, 15) is 0 Å². The summed E-state index contributed by atoms with van der Waals surface area (Å²) in [6, 6.07) is 12.5. The number of hydrogen-bond donors (Lipinski definition) is 1. The van der Waals surface area contributed by atoms with E-state index < -0.39 is 0 Å². The van der Waals surface area contributed by atoms with E-state index in [-0.39, 0.29) is 0 Å². The first-order valence-electron chi connectivity index (χ1n) is 5.87. The van der Waals surface area contributed by atoms with Crippen LogP contribution < -0.4 is 5.73 Å². The predicted molar refractivity (Wildman–Crippen MR) is 68.3 cm³/mol. The van der Waals surface area contributed by atoms with Crippen LogP contribution in [0.4, 0.5) is 0 Å². The van der Waals surface area contributed by atoms with E-state index in [1.54, 1.807) is 6.26 Å². The van der Waals surface area contributed by atoms with Gasteiger partial charge in [-0.25, -0.2) is 0 Å². The van der Waals surface area contributed by atoms with Gasteiger partial charge in [-0.2, -0.15) is 0 Å². The topological polar surface area (TPSA) is 39.2 Å². The van der Waals surface area contributed by atoms with Crippen LogP contribution in [0.25, 0.3) is 5.70 Å². The number of allylic oxidation sites excluding steroid dienone is 1. The Hall–Kier alpha value is -1.96. The molecule has 0 amide bonds. The Labute approximate surface area is 101 Å². The van der Waals surface area contributed by atoms with Gasteiger partial charge in [0.2, 0.25) is 0 Å². The molecule has 1 aliphatic rings. The second-order valence-corrected chi connectivity index (χ2v) is 4.57. The molecule has 3 rings (SSSR count). The Morgan fingerprint density at radius 2 is 1.88 bits per heavy atom. The minimum absolute atomic E-state index is 0.345. The fourth-order valence-corrected chi connectivity index (χ4v) is 2.68. The summed E-state index contributed by atoms with van der Waals surface area (Å²) < 4.78 is 5.47. The average Bonchev–Trinajstić information content (AvgIpc) is 2.79. The molecule has 2 heteroatoms. The van der Waals surface area contributed by atoms with E-state index in [0.717, 1.165) is 11.5 Å². The van der Waals surface area contributed by atoms with E-state index >= 15 is 0 Å². The highest BCUT2D eigenvalue weighted by Crippen LogP contribution is 2.40. The maximum atomic E-state index is 5.99. The molecule has 0 fully saturated rings. The van der Waals surface area contributed by atoms with Crippen molar-refractivity contribution in [3.63, 3.8) is 0 Å². The lowest BCUT2D eigenvalue weighted by Gasteiger charge is -2.26. The van der Waals surface area contributed by atoms with Crippen LogP contribution in [0.2, 0.25) is 0 Å². The normalized spacial score (nSPS) is 23.0. The van der Waals surface area contributed by atoms with Crippen molar-refractivity contribution >= 4 is 5.70 Å². The summed E-state index contributed by atoms with van der Waals surface area (Å²) in [5.41, 5.74) is 9.25. The average molecular weight is 225 g/mol. The second kappa shape index (κ2) is 3.81. The molecular weight excluding hydrogens is 210 g/mol. The standard InChI is InChI=1S/C15H15NO/c1-10-9-13(16)15-12(7-8-17-15)14(10)11-5-3-2-4-6-11/h2-10,14H,16H2,1H3. The van der Waals surface area contributed by atoms with Crippen molar-refractivity contribution in [2.75, 3.05) is 0 Å². The maximum absolute atomic E-state index is 5.99. The third kappa shape index (κ3) is 1.57. The second-order valence-electron chi connectivity index (χ2n) is 4.57. The van der Waals surface area contributed by atoms with Gasteiger partial charge in [-0.05, 0) is 17.5 Å². The molecule has 2 nitrogen and oxygen atoms in total. The van der Waals surface area contributed by atoms with Crippen molar-refractivity contribution in [1.82, 2.24) is 0 Å². The summed E-state index contributed by atoms with van der Waals surface area (Å²) in [6.07, 6.45) is 3.81. The molecule has 86 valence electrons. The highest BCUT2D eigenvalue weighted by Gasteiger charge is 2.29. The highest BCUT2D eigenvalue weighted by atomic mass is 16.3. The quantitative estimate of drug-likeness (QED) is 0.808. The van der Waals surface area contributed by atoms with E-state index in [1.807, 2.05) is 12.1 Å². The Morgan fingerprint density at radius 1 is 1.12 bits per heavy atom. The molecule has 0 aliphatic heterocycles. The molecule has 0 saturated heterocycles. The van der Waals surface area contributed by atoms with Gasteiger partial charge in [0.1, 0.15) is 0 Å². The Morgan fingerprint density at radius 3 is 2.65 bits per heavy atom. The van der Waals surface area contributed by atoms with Crippen LogP contribution >= 0.6 is 0 Å². The number of furan rings is 1. The summed E-state index contributed by atoms with van der Waals surface area (Å²) in [4.78, 5) is 0. The summed E-state index contributed by atoms with van der Waals surface area (Å²) in [7, 11) is 0. The van der Waals surface area contributed by atoms with Crippen LogP contribution in [-0.2, 0) is 0 Å². The van der Waals surface area contributed by atoms with Crippen molar-refractivity contribution in [2.45, 2.75) is 12.8 Å². The van der Waals surface area contributed by atoms with Gasteiger partial charge < -0.3 is 10.2 Å². The van der Waals surface area contributed by atoms with Gasteiger partial charge >= 0.3 is 0 Å². The molecule has 0 radical (unpaired) electrons. The van der Waals surface area contributed by atoms with Crippen LogP contribution in [0.15, 0.2) is 53.2 Å². The summed E-state index contributed by atoms with van der Waals surface area (Å²) in [5.74, 6) is 1.57. The van der Waals surface area contributed by atoms with Crippen molar-refractivity contribution < 1.29 is 4.42 Å². The van der Waals surface area contributed by atoms with Crippen molar-refractivity contribution in [3.05, 3.63) is 65.6 Å². The molecular formula is C15H15NO. The molecule has 0 spiro atoms. The first kappa shape index (κ1) is 10.2. The van der Waals surface area contributed by atoms with Gasteiger partial charge in [0, 0.05) is 11.5 Å². The summed E-state index contributed by atoms with van der Waals surface area (Å²) in [5, 5.41) is 0. The molecule has 2 N–H and O–H groups in total. The Kier molecular flexibility index (Phi) is 2.29. The molecule has 2 unspecified atom stereocenters. The molecule has 2 atom stereocenters. The molecule has 2 aromatic rings. The number of hydrogen-bond acceptors (Lipinski definition) is 2. The summed E-state index contributed by atoms with van der Waals surface area (Å²) >= 11 is 0. The fourth-order valence-electron chi connectivity index (χ4n) is 2.68. The smallest absolute Gasteiger partial charge is 0.153 e. The molecule has 1 aliphatic carbocycles. The van der Waals surface area contributed by atoms with Gasteiger partial charge in [0.25, 0.3) is 0 Å². The lowest BCUT2D eigenvalue weighted by atomic mass is 9.78. The van der Waals surface area contributed by atoms with Crippen LogP contribution in [0.3, 0.4) is 0 Å². The van der Waals surface area contributed by atoms with E-state index in [1.165, 1.54) is 11.1 Å². The highest BCUT2D eigenvalue weighted by molar-refractivity contribution is 5.66. The van der Waals surface area contributed by atoms with Crippen molar-refractivity contribution in [3.8, 4) is 0 Å². The zero-order valence-corrected chi connectivity index (χ0v) is 9.76. The predicted octanol–water partition coefficient (Wildman–Crippen LogP) is 3.36. The lowest BCUT2D eigenvalue weighted by Crippen LogP contribution is -2.17. The minimum atomic E-state index is 0.345. The molecule has 0 bridgehead atoms. The van der Waals surface area contributed by atoms with Gasteiger partial charge in [0.05, 0.1) is 12.0 Å². The Balaban J connectivity index is 2.13. The first-order chi connectivity index (χ1) is 8.27. The van der Waals surface area contributed by atoms with E-state index in [4.69, 9.17) is 10.2 Å². The monoisotopic (exact) mass is 225 g/mol. The van der Waals surface area contributed by atoms with Crippen LogP contribution in [-0.4, -0.2) is 0 Å². The largest absolute Gasteiger partial charge is 0.463 e. The fraction of sp³-hybridized carbons (Fsp3) is 0.200. The zero-order valence-electron chi connectivity index (χ0n) is 9.76. The third-order valence-corrected chi connectivity index (χ3v) is 3.42.